The lowest BCUT2D eigenvalue weighted by molar-refractivity contribution is 0.264. The van der Waals surface area contributed by atoms with Gasteiger partial charge in [0, 0.05) is 0 Å². The van der Waals surface area contributed by atoms with Crippen LogP contribution in [-0.2, 0) is 0 Å². The van der Waals surface area contributed by atoms with Gasteiger partial charge in [0.2, 0.25) is 0 Å². The third-order valence-electron chi connectivity index (χ3n) is 4.24. The molecule has 0 bridgehead atoms. The van der Waals surface area contributed by atoms with Crippen molar-refractivity contribution in [1.82, 2.24) is 5.32 Å². The fourth-order valence-electron chi connectivity index (χ4n) is 3.11. The first-order valence-corrected chi connectivity index (χ1v) is 7.45. The van der Waals surface area contributed by atoms with Crippen molar-refractivity contribution in [2.24, 2.45) is 11.8 Å². The lowest BCUT2D eigenvalue weighted by atomic mass is 9.81. The number of aryl methyl sites for hydroxylation is 1. The van der Waals surface area contributed by atoms with E-state index in [4.69, 9.17) is 4.42 Å². The number of hydrogen-bond acceptors (Lipinski definition) is 2. The molecule has 2 rings (SSSR count). The van der Waals surface area contributed by atoms with Gasteiger partial charge in [-0.15, -0.1) is 0 Å². The highest BCUT2D eigenvalue weighted by atomic mass is 16.3. The lowest BCUT2D eigenvalue weighted by Crippen LogP contribution is -2.23. The van der Waals surface area contributed by atoms with Gasteiger partial charge < -0.3 is 9.73 Å². The molecule has 0 spiro atoms. The summed E-state index contributed by atoms with van der Waals surface area (Å²) in [5.41, 5.74) is 0. The van der Waals surface area contributed by atoms with Crippen LogP contribution in [0.5, 0.6) is 0 Å². The Balaban J connectivity index is 1.68. The van der Waals surface area contributed by atoms with Gasteiger partial charge in [0.15, 0.2) is 0 Å². The fraction of sp³-hybridized carbons (Fsp3) is 0.750. The molecule has 1 aliphatic carbocycles. The molecule has 0 amide bonds. The van der Waals surface area contributed by atoms with Crippen molar-refractivity contribution in [1.29, 1.82) is 0 Å². The molecule has 1 aromatic heterocycles. The molecule has 1 heterocycles. The van der Waals surface area contributed by atoms with Crippen LogP contribution in [-0.4, -0.2) is 6.54 Å². The van der Waals surface area contributed by atoms with Crippen molar-refractivity contribution >= 4 is 0 Å². The Hall–Kier alpha value is -0.760. The fourth-order valence-corrected chi connectivity index (χ4v) is 3.11. The number of nitrogens with one attached hydrogen (secondary N) is 1. The molecular formula is C16H27NO. The third kappa shape index (κ3) is 3.88. The molecule has 0 aromatic carbocycles. The molecule has 1 aliphatic rings. The van der Waals surface area contributed by atoms with Gasteiger partial charge in [0.1, 0.15) is 11.5 Å². The lowest BCUT2D eigenvalue weighted by Gasteiger charge is -2.27. The number of rotatable bonds is 5. The van der Waals surface area contributed by atoms with E-state index < -0.39 is 0 Å². The van der Waals surface area contributed by atoms with Crippen LogP contribution in [0.15, 0.2) is 16.5 Å². The summed E-state index contributed by atoms with van der Waals surface area (Å²) in [6, 6.07) is 4.45. The molecule has 0 radical (unpaired) electrons. The zero-order valence-corrected chi connectivity index (χ0v) is 12.0. The molecule has 3 unspecified atom stereocenters. The number of furan rings is 1. The van der Waals surface area contributed by atoms with Crippen LogP contribution in [0, 0.1) is 18.8 Å². The largest absolute Gasteiger partial charge is 0.465 e. The Labute approximate surface area is 111 Å². The van der Waals surface area contributed by atoms with Crippen LogP contribution in [0.2, 0.25) is 0 Å². The first-order chi connectivity index (χ1) is 8.65. The maximum absolute atomic E-state index is 5.64. The van der Waals surface area contributed by atoms with Crippen LogP contribution < -0.4 is 5.32 Å². The third-order valence-corrected chi connectivity index (χ3v) is 4.24. The van der Waals surface area contributed by atoms with E-state index in [2.05, 4.69) is 25.2 Å². The summed E-state index contributed by atoms with van der Waals surface area (Å²) in [5, 5.41) is 3.58. The Morgan fingerprint density at radius 3 is 2.89 bits per heavy atom. The van der Waals surface area contributed by atoms with Crippen molar-refractivity contribution in [2.75, 3.05) is 6.54 Å². The SMILES string of the molecule is Cc1ccc(C(C)NCCC2CCCC(C)C2)o1. The van der Waals surface area contributed by atoms with Crippen LogP contribution in [0.4, 0.5) is 0 Å². The zero-order chi connectivity index (χ0) is 13.0. The van der Waals surface area contributed by atoms with Crippen LogP contribution in [0.3, 0.4) is 0 Å². The Bertz CT molecular complexity index is 358. The topological polar surface area (TPSA) is 25.2 Å². The Morgan fingerprint density at radius 2 is 2.22 bits per heavy atom. The molecule has 3 atom stereocenters. The molecule has 1 aromatic rings. The second-order valence-electron chi connectivity index (χ2n) is 6.05. The van der Waals surface area contributed by atoms with Gasteiger partial charge >= 0.3 is 0 Å². The summed E-state index contributed by atoms with van der Waals surface area (Å²) in [7, 11) is 0. The highest BCUT2D eigenvalue weighted by molar-refractivity contribution is 5.08. The summed E-state index contributed by atoms with van der Waals surface area (Å²) in [4.78, 5) is 0. The molecular weight excluding hydrogens is 222 g/mol. The summed E-state index contributed by atoms with van der Waals surface area (Å²) in [6.07, 6.45) is 7.04. The highest BCUT2D eigenvalue weighted by Gasteiger charge is 2.18. The van der Waals surface area contributed by atoms with E-state index in [0.717, 1.165) is 29.9 Å². The minimum Gasteiger partial charge on any atom is -0.465 e. The summed E-state index contributed by atoms with van der Waals surface area (Å²) in [5.74, 6) is 3.94. The predicted octanol–water partition coefficient (Wildman–Crippen LogP) is 4.46. The van der Waals surface area contributed by atoms with Gasteiger partial charge in [-0.05, 0) is 57.2 Å². The molecule has 1 saturated carbocycles. The first kappa shape index (κ1) is 13.7. The van der Waals surface area contributed by atoms with Crippen molar-refractivity contribution < 1.29 is 4.42 Å². The van der Waals surface area contributed by atoms with Crippen molar-refractivity contribution in [3.05, 3.63) is 23.7 Å². The molecule has 0 aliphatic heterocycles. The second-order valence-corrected chi connectivity index (χ2v) is 6.05. The van der Waals surface area contributed by atoms with Crippen LogP contribution in [0.1, 0.15) is 63.5 Å². The first-order valence-electron chi connectivity index (χ1n) is 7.45. The molecule has 102 valence electrons. The summed E-state index contributed by atoms with van der Waals surface area (Å²) < 4.78 is 5.64. The molecule has 1 fully saturated rings. The minimum absolute atomic E-state index is 0.333. The van der Waals surface area contributed by atoms with Gasteiger partial charge in [-0.3, -0.25) is 0 Å². The van der Waals surface area contributed by atoms with Crippen molar-refractivity contribution in [3.63, 3.8) is 0 Å². The standard InChI is InChI=1S/C16H27NO/c1-12-5-4-6-15(11-12)9-10-17-14(3)16-8-7-13(2)18-16/h7-8,12,14-15,17H,4-6,9-11H2,1-3H3. The molecule has 1 N–H and O–H groups in total. The van der Waals surface area contributed by atoms with Gasteiger partial charge in [0.05, 0.1) is 6.04 Å². The van der Waals surface area contributed by atoms with E-state index in [0.29, 0.717) is 6.04 Å². The van der Waals surface area contributed by atoms with E-state index >= 15 is 0 Å². The van der Waals surface area contributed by atoms with Gasteiger partial charge in [-0.2, -0.15) is 0 Å². The van der Waals surface area contributed by atoms with Crippen molar-refractivity contribution in [3.8, 4) is 0 Å². The van der Waals surface area contributed by atoms with E-state index in [1.54, 1.807) is 0 Å². The van der Waals surface area contributed by atoms with E-state index in [1.807, 2.05) is 13.0 Å². The van der Waals surface area contributed by atoms with E-state index in [1.165, 1.54) is 32.1 Å². The average Bonchev–Trinajstić information content (AvgIpc) is 2.76. The van der Waals surface area contributed by atoms with E-state index in [-0.39, 0.29) is 0 Å². The minimum atomic E-state index is 0.333. The molecule has 2 nitrogen and oxygen atoms in total. The smallest absolute Gasteiger partial charge is 0.120 e. The van der Waals surface area contributed by atoms with Crippen LogP contribution in [0.25, 0.3) is 0 Å². The Morgan fingerprint density at radius 1 is 1.39 bits per heavy atom. The molecule has 18 heavy (non-hydrogen) atoms. The summed E-state index contributed by atoms with van der Waals surface area (Å²) >= 11 is 0. The van der Waals surface area contributed by atoms with Gasteiger partial charge in [-0.25, -0.2) is 0 Å². The normalized spacial score (nSPS) is 26.2. The maximum atomic E-state index is 5.64. The average molecular weight is 249 g/mol. The maximum Gasteiger partial charge on any atom is 0.120 e. The van der Waals surface area contributed by atoms with Gasteiger partial charge in [0.25, 0.3) is 0 Å². The Kier molecular flexibility index (Phi) is 4.87. The monoisotopic (exact) mass is 249 g/mol. The summed E-state index contributed by atoms with van der Waals surface area (Å²) in [6.45, 7) is 7.69. The zero-order valence-electron chi connectivity index (χ0n) is 12.0. The second kappa shape index (κ2) is 6.42. The molecule has 0 saturated heterocycles. The quantitative estimate of drug-likeness (QED) is 0.833. The predicted molar refractivity (Wildman–Crippen MR) is 75.6 cm³/mol. The highest BCUT2D eigenvalue weighted by Crippen LogP contribution is 2.30. The van der Waals surface area contributed by atoms with Crippen LogP contribution >= 0.6 is 0 Å². The van der Waals surface area contributed by atoms with E-state index in [9.17, 15) is 0 Å². The molecule has 2 heteroatoms. The van der Waals surface area contributed by atoms with Crippen molar-refractivity contribution in [2.45, 2.75) is 58.9 Å². The van der Waals surface area contributed by atoms with Gasteiger partial charge in [-0.1, -0.05) is 26.2 Å². The number of hydrogen-bond donors (Lipinski definition) is 1.